The summed E-state index contributed by atoms with van der Waals surface area (Å²) in [6.07, 6.45) is 0.332. The van der Waals surface area contributed by atoms with Crippen molar-refractivity contribution in [2.75, 3.05) is 32.7 Å². The molecule has 1 rings (SSSR count). The average molecular weight is 270 g/mol. The Bertz CT molecular complexity index is 301. The van der Waals surface area contributed by atoms with Gasteiger partial charge in [-0.1, -0.05) is 0 Å². The zero-order valence-corrected chi connectivity index (χ0v) is 12.2. The van der Waals surface area contributed by atoms with E-state index >= 15 is 0 Å². The van der Waals surface area contributed by atoms with Gasteiger partial charge in [-0.3, -0.25) is 14.5 Å². The van der Waals surface area contributed by atoms with Crippen LogP contribution in [-0.4, -0.2) is 61.5 Å². The standard InChI is InChI=1S/C13H26N4O2/c1-10(2)16-12(18)4-5-15-13(19)11(3)17-8-6-14-7-9-17/h10-11,14H,4-9H2,1-3H3,(H,15,19)(H,16,18). The molecule has 1 aliphatic rings. The first-order valence-electron chi connectivity index (χ1n) is 7.02. The average Bonchev–Trinajstić information content (AvgIpc) is 2.37. The fourth-order valence-corrected chi connectivity index (χ4v) is 2.08. The van der Waals surface area contributed by atoms with Crippen LogP contribution in [-0.2, 0) is 9.59 Å². The molecule has 2 amide bonds. The first-order valence-corrected chi connectivity index (χ1v) is 7.02. The molecule has 0 spiro atoms. The summed E-state index contributed by atoms with van der Waals surface area (Å²) in [5.41, 5.74) is 0. The van der Waals surface area contributed by atoms with E-state index in [-0.39, 0.29) is 23.9 Å². The summed E-state index contributed by atoms with van der Waals surface area (Å²) in [4.78, 5) is 25.5. The van der Waals surface area contributed by atoms with Crippen LogP contribution in [0.2, 0.25) is 0 Å². The molecule has 110 valence electrons. The van der Waals surface area contributed by atoms with Crippen LogP contribution in [0.3, 0.4) is 0 Å². The lowest BCUT2D eigenvalue weighted by atomic mass is 10.2. The third kappa shape index (κ3) is 6.02. The molecule has 1 aliphatic heterocycles. The topological polar surface area (TPSA) is 73.5 Å². The first-order chi connectivity index (χ1) is 9.00. The van der Waals surface area contributed by atoms with Crippen LogP contribution in [0.5, 0.6) is 0 Å². The first kappa shape index (κ1) is 15.9. The molecule has 0 aromatic heterocycles. The highest BCUT2D eigenvalue weighted by Gasteiger charge is 2.22. The highest BCUT2D eigenvalue weighted by Crippen LogP contribution is 2.00. The fourth-order valence-electron chi connectivity index (χ4n) is 2.08. The molecular weight excluding hydrogens is 244 g/mol. The third-order valence-electron chi connectivity index (χ3n) is 3.18. The Balaban J connectivity index is 2.21. The molecule has 0 aromatic rings. The predicted octanol–water partition coefficient (Wildman–Crippen LogP) is -0.689. The third-order valence-corrected chi connectivity index (χ3v) is 3.18. The van der Waals surface area contributed by atoms with Crippen molar-refractivity contribution in [1.82, 2.24) is 20.9 Å². The van der Waals surface area contributed by atoms with E-state index < -0.39 is 0 Å². The van der Waals surface area contributed by atoms with Crippen molar-refractivity contribution < 1.29 is 9.59 Å². The largest absolute Gasteiger partial charge is 0.354 e. The Labute approximate surface area is 115 Å². The minimum Gasteiger partial charge on any atom is -0.354 e. The maximum atomic E-state index is 11.9. The lowest BCUT2D eigenvalue weighted by Gasteiger charge is -2.31. The van der Waals surface area contributed by atoms with Gasteiger partial charge < -0.3 is 16.0 Å². The van der Waals surface area contributed by atoms with Gasteiger partial charge in [0.1, 0.15) is 0 Å². The maximum absolute atomic E-state index is 11.9. The lowest BCUT2D eigenvalue weighted by Crippen LogP contribution is -2.52. The van der Waals surface area contributed by atoms with Gasteiger partial charge in [-0.2, -0.15) is 0 Å². The molecule has 1 unspecified atom stereocenters. The number of hydrogen-bond donors (Lipinski definition) is 3. The molecule has 6 nitrogen and oxygen atoms in total. The van der Waals surface area contributed by atoms with Crippen LogP contribution in [0.1, 0.15) is 27.2 Å². The van der Waals surface area contributed by atoms with Crippen LogP contribution in [0.15, 0.2) is 0 Å². The predicted molar refractivity (Wildman–Crippen MR) is 74.8 cm³/mol. The lowest BCUT2D eigenvalue weighted by molar-refractivity contribution is -0.126. The van der Waals surface area contributed by atoms with Gasteiger partial charge in [-0.25, -0.2) is 0 Å². The molecule has 19 heavy (non-hydrogen) atoms. The zero-order chi connectivity index (χ0) is 14.3. The van der Waals surface area contributed by atoms with Gasteiger partial charge in [0.25, 0.3) is 0 Å². The number of nitrogens with one attached hydrogen (secondary N) is 3. The Morgan fingerprint density at radius 2 is 1.84 bits per heavy atom. The number of amides is 2. The quantitative estimate of drug-likeness (QED) is 0.597. The Kier molecular flexibility index (Phi) is 6.80. The molecule has 1 saturated heterocycles. The summed E-state index contributed by atoms with van der Waals surface area (Å²) in [6.45, 7) is 9.78. The summed E-state index contributed by atoms with van der Waals surface area (Å²) in [5.74, 6) is -0.0237. The smallest absolute Gasteiger partial charge is 0.237 e. The van der Waals surface area contributed by atoms with Gasteiger partial charge in [-0.15, -0.1) is 0 Å². The van der Waals surface area contributed by atoms with E-state index in [4.69, 9.17) is 0 Å². The number of carbonyl (C=O) groups is 2. The Morgan fingerprint density at radius 3 is 2.42 bits per heavy atom. The maximum Gasteiger partial charge on any atom is 0.237 e. The number of hydrogen-bond acceptors (Lipinski definition) is 4. The van der Waals surface area contributed by atoms with Gasteiger partial charge in [0.05, 0.1) is 6.04 Å². The number of piperazine rings is 1. The van der Waals surface area contributed by atoms with Crippen LogP contribution in [0.4, 0.5) is 0 Å². The Morgan fingerprint density at radius 1 is 1.21 bits per heavy atom. The molecule has 0 aromatic carbocycles. The summed E-state index contributed by atoms with van der Waals surface area (Å²) in [7, 11) is 0. The van der Waals surface area contributed by atoms with Crippen molar-refractivity contribution in [2.24, 2.45) is 0 Å². The second-order valence-electron chi connectivity index (χ2n) is 5.23. The van der Waals surface area contributed by atoms with E-state index in [1.807, 2.05) is 20.8 Å². The molecule has 0 bridgehead atoms. The number of carbonyl (C=O) groups excluding carboxylic acids is 2. The van der Waals surface area contributed by atoms with Crippen LogP contribution >= 0.6 is 0 Å². The molecule has 1 heterocycles. The van der Waals surface area contributed by atoms with Gasteiger partial charge in [0.2, 0.25) is 11.8 Å². The van der Waals surface area contributed by atoms with E-state index in [2.05, 4.69) is 20.9 Å². The molecular formula is C13H26N4O2. The van der Waals surface area contributed by atoms with Crippen LogP contribution in [0.25, 0.3) is 0 Å². The minimum atomic E-state index is -0.129. The molecule has 1 atom stereocenters. The monoisotopic (exact) mass is 270 g/mol. The molecule has 3 N–H and O–H groups in total. The second kappa shape index (κ2) is 8.12. The summed E-state index contributed by atoms with van der Waals surface area (Å²) < 4.78 is 0. The molecule has 0 saturated carbocycles. The van der Waals surface area contributed by atoms with E-state index in [9.17, 15) is 9.59 Å². The molecule has 0 aliphatic carbocycles. The van der Waals surface area contributed by atoms with Gasteiger partial charge in [-0.05, 0) is 20.8 Å². The van der Waals surface area contributed by atoms with E-state index in [1.54, 1.807) is 0 Å². The molecule has 0 radical (unpaired) electrons. The second-order valence-corrected chi connectivity index (χ2v) is 5.23. The highest BCUT2D eigenvalue weighted by molar-refractivity contribution is 5.82. The van der Waals surface area contributed by atoms with E-state index in [0.29, 0.717) is 13.0 Å². The van der Waals surface area contributed by atoms with E-state index in [0.717, 1.165) is 26.2 Å². The van der Waals surface area contributed by atoms with Crippen molar-refractivity contribution in [2.45, 2.75) is 39.3 Å². The van der Waals surface area contributed by atoms with Crippen molar-refractivity contribution in [3.63, 3.8) is 0 Å². The Hall–Kier alpha value is -1.14. The summed E-state index contributed by atoms with van der Waals surface area (Å²) in [5, 5.41) is 8.88. The number of nitrogens with zero attached hydrogens (tertiary/aromatic N) is 1. The van der Waals surface area contributed by atoms with Crippen molar-refractivity contribution in [3.8, 4) is 0 Å². The van der Waals surface area contributed by atoms with Crippen LogP contribution in [0, 0.1) is 0 Å². The van der Waals surface area contributed by atoms with Crippen molar-refractivity contribution in [3.05, 3.63) is 0 Å². The van der Waals surface area contributed by atoms with Gasteiger partial charge in [0.15, 0.2) is 0 Å². The fraction of sp³-hybridized carbons (Fsp3) is 0.846. The SMILES string of the molecule is CC(C)NC(=O)CCNC(=O)C(C)N1CCNCC1. The number of rotatable bonds is 6. The van der Waals surface area contributed by atoms with E-state index in [1.165, 1.54) is 0 Å². The summed E-state index contributed by atoms with van der Waals surface area (Å²) in [6, 6.07) is 0.0123. The normalized spacial score (nSPS) is 18.1. The van der Waals surface area contributed by atoms with Crippen molar-refractivity contribution >= 4 is 11.8 Å². The highest BCUT2D eigenvalue weighted by atomic mass is 16.2. The zero-order valence-electron chi connectivity index (χ0n) is 12.2. The van der Waals surface area contributed by atoms with Gasteiger partial charge >= 0.3 is 0 Å². The van der Waals surface area contributed by atoms with Crippen molar-refractivity contribution in [1.29, 1.82) is 0 Å². The van der Waals surface area contributed by atoms with Crippen LogP contribution < -0.4 is 16.0 Å². The summed E-state index contributed by atoms with van der Waals surface area (Å²) >= 11 is 0. The van der Waals surface area contributed by atoms with Gasteiger partial charge in [0, 0.05) is 45.2 Å². The molecule has 1 fully saturated rings. The molecule has 6 heteroatoms. The minimum absolute atomic E-state index is 0.000697.